The van der Waals surface area contributed by atoms with E-state index in [-0.39, 0.29) is 5.91 Å². The van der Waals surface area contributed by atoms with Crippen molar-refractivity contribution in [2.75, 3.05) is 6.54 Å². The summed E-state index contributed by atoms with van der Waals surface area (Å²) >= 11 is 1.79. The molecule has 0 atom stereocenters. The van der Waals surface area contributed by atoms with Crippen LogP contribution in [0.2, 0.25) is 0 Å². The van der Waals surface area contributed by atoms with Gasteiger partial charge in [0.05, 0.1) is 22.3 Å². The molecule has 6 heteroatoms. The van der Waals surface area contributed by atoms with Crippen molar-refractivity contribution in [2.24, 2.45) is 0 Å². The highest BCUT2D eigenvalue weighted by atomic mass is 32.1. The van der Waals surface area contributed by atoms with Gasteiger partial charge in [0.15, 0.2) is 5.82 Å². The molecule has 1 amide bonds. The first-order valence-corrected chi connectivity index (χ1v) is 9.98. The van der Waals surface area contributed by atoms with Crippen molar-refractivity contribution in [1.82, 2.24) is 19.9 Å². The van der Waals surface area contributed by atoms with Gasteiger partial charge in [-0.15, -0.1) is 11.3 Å². The number of nitrogens with one attached hydrogen (secondary N) is 2. The first-order valence-electron chi connectivity index (χ1n) is 9.10. The molecule has 0 bridgehead atoms. The fraction of sp³-hybridized carbons (Fsp3) is 0.238. The molecule has 2 N–H and O–H groups in total. The molecule has 1 aromatic carbocycles. The number of aromatic amines is 2. The van der Waals surface area contributed by atoms with Crippen LogP contribution in [0.25, 0.3) is 22.6 Å². The third-order valence-corrected chi connectivity index (χ3v) is 6.40. The molecular formula is C21H20N4OS. The van der Waals surface area contributed by atoms with E-state index >= 15 is 0 Å². The number of carbonyl (C=O) groups excluding carboxylic acids is 1. The van der Waals surface area contributed by atoms with Gasteiger partial charge in [0.25, 0.3) is 5.91 Å². The number of para-hydroxylation sites is 2. The Bertz CT molecular complexity index is 1130. The molecule has 1 aliphatic rings. The topological polar surface area (TPSA) is 64.8 Å². The summed E-state index contributed by atoms with van der Waals surface area (Å²) in [6.45, 7) is 5.43. The summed E-state index contributed by atoms with van der Waals surface area (Å²) in [4.78, 5) is 28.1. The number of thiophene rings is 1. The predicted octanol–water partition coefficient (Wildman–Crippen LogP) is 4.43. The molecular weight excluding hydrogens is 356 g/mol. The Morgan fingerprint density at radius 3 is 2.89 bits per heavy atom. The lowest BCUT2D eigenvalue weighted by Crippen LogP contribution is -2.35. The zero-order valence-electron chi connectivity index (χ0n) is 15.3. The summed E-state index contributed by atoms with van der Waals surface area (Å²) in [6.07, 6.45) is 0.942. The van der Waals surface area contributed by atoms with Gasteiger partial charge >= 0.3 is 0 Å². The fourth-order valence-corrected chi connectivity index (χ4v) is 4.85. The molecule has 136 valence electrons. The molecule has 0 fully saturated rings. The molecule has 4 aromatic rings. The Labute approximate surface area is 161 Å². The summed E-state index contributed by atoms with van der Waals surface area (Å²) in [7, 11) is 0. The zero-order chi connectivity index (χ0) is 18.5. The molecule has 4 heterocycles. The first-order chi connectivity index (χ1) is 13.1. The van der Waals surface area contributed by atoms with Crippen LogP contribution in [0.4, 0.5) is 0 Å². The van der Waals surface area contributed by atoms with Crippen LogP contribution >= 0.6 is 11.3 Å². The monoisotopic (exact) mass is 376 g/mol. The van der Waals surface area contributed by atoms with Gasteiger partial charge in [0.1, 0.15) is 0 Å². The van der Waals surface area contributed by atoms with Crippen molar-refractivity contribution >= 4 is 28.3 Å². The van der Waals surface area contributed by atoms with Crippen molar-refractivity contribution in [1.29, 1.82) is 0 Å². The highest BCUT2D eigenvalue weighted by Crippen LogP contribution is 2.30. The molecule has 27 heavy (non-hydrogen) atoms. The SMILES string of the molecule is Cc1[nH]c(-c2nc3ccccc3[nH]2)c(C)c1C(=O)N1CCc2sccc2C1. The molecule has 0 saturated heterocycles. The molecule has 0 unspecified atom stereocenters. The quantitative estimate of drug-likeness (QED) is 0.543. The summed E-state index contributed by atoms with van der Waals surface area (Å²) in [6, 6.07) is 10.1. The van der Waals surface area contributed by atoms with Gasteiger partial charge in [-0.05, 0) is 55.0 Å². The van der Waals surface area contributed by atoms with Gasteiger partial charge in [-0.25, -0.2) is 4.98 Å². The molecule has 0 aliphatic carbocycles. The largest absolute Gasteiger partial charge is 0.355 e. The first kappa shape index (κ1) is 16.3. The number of hydrogen-bond donors (Lipinski definition) is 2. The number of rotatable bonds is 2. The van der Waals surface area contributed by atoms with Gasteiger partial charge in [-0.1, -0.05) is 12.1 Å². The Kier molecular flexibility index (Phi) is 3.68. The minimum Gasteiger partial charge on any atom is -0.355 e. The average Bonchev–Trinajstić information content (AvgIpc) is 3.37. The highest BCUT2D eigenvalue weighted by molar-refractivity contribution is 7.10. The van der Waals surface area contributed by atoms with E-state index in [1.54, 1.807) is 11.3 Å². The molecule has 0 radical (unpaired) electrons. The second kappa shape index (κ2) is 6.09. The average molecular weight is 376 g/mol. The van der Waals surface area contributed by atoms with Crippen molar-refractivity contribution in [2.45, 2.75) is 26.8 Å². The zero-order valence-corrected chi connectivity index (χ0v) is 16.1. The summed E-state index contributed by atoms with van der Waals surface area (Å²) in [5, 5.41) is 2.12. The van der Waals surface area contributed by atoms with Crippen molar-refractivity contribution in [3.63, 3.8) is 0 Å². The van der Waals surface area contributed by atoms with Gasteiger partial charge in [0.2, 0.25) is 0 Å². The van der Waals surface area contributed by atoms with Crippen molar-refractivity contribution in [3.8, 4) is 11.5 Å². The van der Waals surface area contributed by atoms with Crippen molar-refractivity contribution in [3.05, 3.63) is 63.0 Å². The number of imidazole rings is 1. The molecule has 1 aliphatic heterocycles. The van der Waals surface area contributed by atoms with E-state index in [9.17, 15) is 4.79 Å². The molecule has 5 rings (SSSR count). The number of hydrogen-bond acceptors (Lipinski definition) is 3. The second-order valence-corrected chi connectivity index (χ2v) is 8.07. The number of aryl methyl sites for hydroxylation is 1. The van der Waals surface area contributed by atoms with Gasteiger partial charge in [-0.2, -0.15) is 0 Å². The van der Waals surface area contributed by atoms with E-state index in [2.05, 4.69) is 26.4 Å². The van der Waals surface area contributed by atoms with Gasteiger partial charge in [-0.3, -0.25) is 4.79 Å². The molecule has 5 nitrogen and oxygen atoms in total. The summed E-state index contributed by atoms with van der Waals surface area (Å²) in [5.41, 5.74) is 6.70. The van der Waals surface area contributed by atoms with Crippen LogP contribution in [0.15, 0.2) is 35.7 Å². The van der Waals surface area contributed by atoms with Crippen LogP contribution in [0.3, 0.4) is 0 Å². The van der Waals surface area contributed by atoms with Gasteiger partial charge in [0, 0.05) is 23.7 Å². The summed E-state index contributed by atoms with van der Waals surface area (Å²) < 4.78 is 0. The standard InChI is InChI=1S/C21H20N4OS/c1-12-18(21(26)25-9-7-17-14(11-25)8-10-27-17)13(2)22-19(12)20-23-15-5-3-4-6-16(15)24-20/h3-6,8,10,22H,7,9,11H2,1-2H3,(H,23,24). The van der Waals surface area contributed by atoms with E-state index < -0.39 is 0 Å². The molecule has 0 saturated carbocycles. The maximum atomic E-state index is 13.3. The van der Waals surface area contributed by atoms with Crippen molar-refractivity contribution < 1.29 is 4.79 Å². The maximum Gasteiger partial charge on any atom is 0.256 e. The molecule has 0 spiro atoms. The number of nitrogens with zero attached hydrogens (tertiary/aromatic N) is 2. The third kappa shape index (κ3) is 2.59. The van der Waals surface area contributed by atoms with Crippen LogP contribution in [0.1, 0.15) is 32.1 Å². The minimum atomic E-state index is 0.0976. The summed E-state index contributed by atoms with van der Waals surface area (Å²) in [5.74, 6) is 0.870. The number of aromatic nitrogens is 3. The van der Waals surface area contributed by atoms with Crippen LogP contribution < -0.4 is 0 Å². The lowest BCUT2D eigenvalue weighted by Gasteiger charge is -2.27. The highest BCUT2D eigenvalue weighted by Gasteiger charge is 2.27. The lowest BCUT2D eigenvalue weighted by molar-refractivity contribution is 0.0734. The van der Waals surface area contributed by atoms with E-state index in [0.717, 1.165) is 52.3 Å². The van der Waals surface area contributed by atoms with Crippen LogP contribution in [0.5, 0.6) is 0 Å². The molecule has 3 aromatic heterocycles. The Balaban J connectivity index is 1.51. The van der Waals surface area contributed by atoms with E-state index in [4.69, 9.17) is 0 Å². The minimum absolute atomic E-state index is 0.0976. The second-order valence-electron chi connectivity index (χ2n) is 7.07. The van der Waals surface area contributed by atoms with Gasteiger partial charge < -0.3 is 14.9 Å². The van der Waals surface area contributed by atoms with Crippen LogP contribution in [0, 0.1) is 13.8 Å². The Morgan fingerprint density at radius 1 is 1.19 bits per heavy atom. The van der Waals surface area contributed by atoms with E-state index in [0.29, 0.717) is 6.54 Å². The smallest absolute Gasteiger partial charge is 0.256 e. The van der Waals surface area contributed by atoms with Crippen LogP contribution in [-0.2, 0) is 13.0 Å². The number of amides is 1. The van der Waals surface area contributed by atoms with Crippen LogP contribution in [-0.4, -0.2) is 32.3 Å². The normalized spacial score (nSPS) is 13.9. The Morgan fingerprint density at radius 2 is 2.04 bits per heavy atom. The fourth-order valence-electron chi connectivity index (χ4n) is 3.96. The van der Waals surface area contributed by atoms with E-state index in [1.165, 1.54) is 10.4 Å². The predicted molar refractivity (Wildman–Crippen MR) is 108 cm³/mol. The third-order valence-electron chi connectivity index (χ3n) is 5.37. The number of benzene rings is 1. The number of carbonyl (C=O) groups is 1. The maximum absolute atomic E-state index is 13.3. The number of H-pyrrole nitrogens is 2. The van der Waals surface area contributed by atoms with E-state index in [1.807, 2.05) is 43.0 Å². The lowest BCUT2D eigenvalue weighted by atomic mass is 10.1. The Hall–Kier alpha value is -2.86. The number of fused-ring (bicyclic) bond motifs is 2.